The van der Waals surface area contributed by atoms with Crippen molar-refractivity contribution in [3.8, 4) is 0 Å². The van der Waals surface area contributed by atoms with Crippen molar-refractivity contribution in [1.82, 2.24) is 0 Å². The van der Waals surface area contributed by atoms with Crippen LogP contribution in [-0.4, -0.2) is 18.4 Å². The van der Waals surface area contributed by atoms with Crippen molar-refractivity contribution >= 4 is 18.4 Å². The molecular formula is C27H43NO2. The molecular weight excluding hydrogens is 370 g/mol. The summed E-state index contributed by atoms with van der Waals surface area (Å²) < 4.78 is 0. The van der Waals surface area contributed by atoms with Gasteiger partial charge >= 0.3 is 0 Å². The third kappa shape index (κ3) is 8.71. The minimum absolute atomic E-state index is 0.181. The summed E-state index contributed by atoms with van der Waals surface area (Å²) in [5.41, 5.74) is 12.6. The topological polar surface area (TPSA) is 63.3 Å². The Morgan fingerprint density at radius 1 is 1.20 bits per heavy atom. The van der Waals surface area contributed by atoms with Gasteiger partial charge in [-0.3, -0.25) is 0 Å². The van der Waals surface area contributed by atoms with Gasteiger partial charge in [0.05, 0.1) is 5.76 Å². The lowest BCUT2D eigenvalue weighted by Crippen LogP contribution is -2.01. The summed E-state index contributed by atoms with van der Waals surface area (Å²) in [4.78, 5) is 8.81. The Morgan fingerprint density at radius 3 is 2.10 bits per heavy atom. The Bertz CT molecular complexity index is 737. The van der Waals surface area contributed by atoms with Crippen LogP contribution in [0.25, 0.3) is 12.2 Å². The third-order valence-corrected chi connectivity index (χ3v) is 5.09. The van der Waals surface area contributed by atoms with Crippen LogP contribution < -0.4 is 5.73 Å². The number of benzene rings is 1. The molecule has 0 bridgehead atoms. The van der Waals surface area contributed by atoms with E-state index in [4.69, 9.17) is 4.79 Å². The second-order valence-corrected chi connectivity index (χ2v) is 8.57. The van der Waals surface area contributed by atoms with Gasteiger partial charge in [0.1, 0.15) is 6.29 Å². The van der Waals surface area contributed by atoms with Gasteiger partial charge in [-0.15, -0.1) is 0 Å². The lowest BCUT2D eigenvalue weighted by atomic mass is 9.92. The van der Waals surface area contributed by atoms with Crippen molar-refractivity contribution in [2.75, 3.05) is 7.05 Å². The van der Waals surface area contributed by atoms with Gasteiger partial charge in [0.2, 0.25) is 0 Å². The number of carbonyl (C=O) groups excluding carboxylic acids is 1. The molecule has 3 heteroatoms. The highest BCUT2D eigenvalue weighted by atomic mass is 16.3. The number of hydrogen-bond acceptors (Lipinski definition) is 3. The molecule has 2 aliphatic carbocycles. The molecule has 0 radical (unpaired) electrons. The molecule has 0 saturated heterocycles. The highest BCUT2D eigenvalue weighted by Crippen LogP contribution is 2.40. The summed E-state index contributed by atoms with van der Waals surface area (Å²) in [6.07, 6.45) is 9.55. The van der Waals surface area contributed by atoms with Gasteiger partial charge in [-0.25, -0.2) is 0 Å². The Kier molecular flexibility index (Phi) is 13.0. The predicted molar refractivity (Wildman–Crippen MR) is 133 cm³/mol. The van der Waals surface area contributed by atoms with Crippen molar-refractivity contribution in [2.24, 2.45) is 23.5 Å². The Balaban J connectivity index is 0.000000806. The van der Waals surface area contributed by atoms with Crippen molar-refractivity contribution in [3.05, 3.63) is 58.4 Å². The first-order chi connectivity index (χ1) is 14.2. The minimum atomic E-state index is 0.181. The van der Waals surface area contributed by atoms with Crippen LogP contribution in [0.4, 0.5) is 0 Å². The van der Waals surface area contributed by atoms with E-state index >= 15 is 0 Å². The molecule has 0 spiro atoms. The van der Waals surface area contributed by atoms with Crippen LogP contribution >= 0.6 is 0 Å². The first kappa shape index (κ1) is 27.9. The van der Waals surface area contributed by atoms with E-state index in [1.54, 1.807) is 0 Å². The fourth-order valence-electron chi connectivity index (χ4n) is 3.50. The highest BCUT2D eigenvalue weighted by Gasteiger charge is 2.27. The summed E-state index contributed by atoms with van der Waals surface area (Å²) >= 11 is 0. The van der Waals surface area contributed by atoms with Crippen LogP contribution in [0, 0.1) is 24.7 Å². The van der Waals surface area contributed by atoms with Crippen molar-refractivity contribution in [3.63, 3.8) is 0 Å². The molecule has 0 heterocycles. The van der Waals surface area contributed by atoms with Crippen molar-refractivity contribution < 1.29 is 9.90 Å². The van der Waals surface area contributed by atoms with E-state index in [9.17, 15) is 5.11 Å². The number of aliphatic hydroxyl groups is 1. The number of rotatable bonds is 4. The molecule has 0 aromatic heterocycles. The van der Waals surface area contributed by atoms with Gasteiger partial charge in [0.15, 0.2) is 0 Å². The Labute approximate surface area is 184 Å². The third-order valence-electron chi connectivity index (χ3n) is 5.09. The lowest BCUT2D eigenvalue weighted by Gasteiger charge is -2.13. The number of fused-ring (bicyclic) bond motifs is 1. The number of carbonyl (C=O) groups is 1. The fraction of sp³-hybridized carbons (Fsp3) is 0.519. The SMILES string of the molecule is C=Cc1cc2c(c(C)c1/C=C(\C)C1CC1)CC(C(=C)O)C2.CC(C)C.CC=O.CN. The number of allylic oxidation sites excluding steroid dienone is 2. The molecule has 1 aromatic rings. The second-order valence-electron chi connectivity index (χ2n) is 8.57. The van der Waals surface area contributed by atoms with Crippen LogP contribution in [0.3, 0.4) is 0 Å². The number of aliphatic hydroxyl groups excluding tert-OH is 1. The molecule has 0 amide bonds. The molecule has 30 heavy (non-hydrogen) atoms. The van der Waals surface area contributed by atoms with Gasteiger partial charge in [-0.05, 0) is 93.2 Å². The zero-order valence-electron chi connectivity index (χ0n) is 20.2. The fourth-order valence-corrected chi connectivity index (χ4v) is 3.50. The smallest absolute Gasteiger partial charge is 0.116 e. The van der Waals surface area contributed by atoms with E-state index in [-0.39, 0.29) is 5.92 Å². The lowest BCUT2D eigenvalue weighted by molar-refractivity contribution is -0.106. The van der Waals surface area contributed by atoms with Gasteiger partial charge in [0, 0.05) is 5.92 Å². The molecule has 1 atom stereocenters. The van der Waals surface area contributed by atoms with E-state index in [0.29, 0.717) is 5.76 Å². The average Bonchev–Trinajstić information content (AvgIpc) is 3.44. The van der Waals surface area contributed by atoms with Crippen LogP contribution in [0.15, 0.2) is 30.6 Å². The normalized spacial score (nSPS) is 16.7. The summed E-state index contributed by atoms with van der Waals surface area (Å²) in [5, 5.41) is 9.71. The van der Waals surface area contributed by atoms with E-state index in [0.717, 1.165) is 31.0 Å². The van der Waals surface area contributed by atoms with Crippen LogP contribution in [0.2, 0.25) is 0 Å². The number of aldehydes is 1. The molecule has 168 valence electrons. The summed E-state index contributed by atoms with van der Waals surface area (Å²) in [6.45, 7) is 20.1. The van der Waals surface area contributed by atoms with Crippen molar-refractivity contribution in [2.45, 2.75) is 67.2 Å². The average molecular weight is 414 g/mol. The molecule has 3 N–H and O–H groups in total. The second kappa shape index (κ2) is 14.0. The zero-order chi connectivity index (χ0) is 23.4. The van der Waals surface area contributed by atoms with Gasteiger partial charge in [-0.1, -0.05) is 57.7 Å². The number of nitrogens with two attached hydrogens (primary N) is 1. The molecule has 3 nitrogen and oxygen atoms in total. The van der Waals surface area contributed by atoms with E-state index < -0.39 is 0 Å². The quantitative estimate of drug-likeness (QED) is 0.427. The van der Waals surface area contributed by atoms with Gasteiger partial charge < -0.3 is 15.6 Å². The summed E-state index contributed by atoms with van der Waals surface area (Å²) in [5.74, 6) is 2.12. The largest absolute Gasteiger partial charge is 0.513 e. The highest BCUT2D eigenvalue weighted by molar-refractivity contribution is 5.71. The molecule has 0 aliphatic heterocycles. The standard InChI is InChI=1S/C20H24O.C4H10.C2H4O.CH5N/c1-5-15-9-18-10-17(14(4)21)11-20(18)13(3)19(15)8-12(2)16-6-7-16;1-4(2)3;1-2-3;1-2/h5,8-9,16-17,21H,1,4,6-7,10-11H2,2-3H3;4H,1-3H3;2H,1H3;2H2,1H3/b12-8+;;;. The zero-order valence-corrected chi connectivity index (χ0v) is 20.2. The predicted octanol–water partition coefficient (Wildman–Crippen LogP) is 6.68. The molecule has 3 rings (SSSR count). The monoisotopic (exact) mass is 413 g/mol. The molecule has 1 aromatic carbocycles. The maximum Gasteiger partial charge on any atom is 0.116 e. The van der Waals surface area contributed by atoms with Crippen LogP contribution in [0.1, 0.15) is 75.3 Å². The maximum absolute atomic E-state index is 9.71. The summed E-state index contributed by atoms with van der Waals surface area (Å²) in [6, 6.07) is 2.25. The maximum atomic E-state index is 9.71. The Morgan fingerprint density at radius 2 is 1.70 bits per heavy atom. The number of hydrogen-bond donors (Lipinski definition) is 2. The summed E-state index contributed by atoms with van der Waals surface area (Å²) in [7, 11) is 1.50. The van der Waals surface area contributed by atoms with Gasteiger partial charge in [-0.2, -0.15) is 0 Å². The van der Waals surface area contributed by atoms with Gasteiger partial charge in [0.25, 0.3) is 0 Å². The van der Waals surface area contributed by atoms with E-state index in [2.05, 4.69) is 65.7 Å². The minimum Gasteiger partial charge on any atom is -0.513 e. The first-order valence-electron chi connectivity index (χ1n) is 11.0. The first-order valence-corrected chi connectivity index (χ1v) is 11.0. The van der Waals surface area contributed by atoms with E-state index in [1.807, 2.05) is 6.08 Å². The molecule has 1 fully saturated rings. The van der Waals surface area contributed by atoms with Crippen LogP contribution in [-0.2, 0) is 17.6 Å². The van der Waals surface area contributed by atoms with E-state index in [1.165, 1.54) is 60.2 Å². The molecule has 2 aliphatic rings. The van der Waals surface area contributed by atoms with Crippen molar-refractivity contribution in [1.29, 1.82) is 0 Å². The molecule has 1 saturated carbocycles. The van der Waals surface area contributed by atoms with Crippen LogP contribution in [0.5, 0.6) is 0 Å². The Hall–Kier alpha value is -2.13. The molecule has 1 unspecified atom stereocenters.